The fraction of sp³-hybridized carbons (Fsp3) is 0.273. The summed E-state index contributed by atoms with van der Waals surface area (Å²) in [6, 6.07) is 5.80. The molecule has 2 nitrogen and oxygen atoms in total. The number of halogens is 1. The summed E-state index contributed by atoms with van der Waals surface area (Å²) in [4.78, 5) is 0. The van der Waals surface area contributed by atoms with Gasteiger partial charge in [-0.1, -0.05) is 28.1 Å². The summed E-state index contributed by atoms with van der Waals surface area (Å²) in [6.45, 7) is 3.67. The van der Waals surface area contributed by atoms with Crippen LogP contribution in [0.5, 0.6) is 5.75 Å². The van der Waals surface area contributed by atoms with Crippen molar-refractivity contribution in [2.24, 2.45) is 5.73 Å². The second kappa shape index (κ2) is 5.17. The monoisotopic (exact) mass is 255 g/mol. The van der Waals surface area contributed by atoms with Gasteiger partial charge in [-0.25, -0.2) is 0 Å². The molecule has 1 aromatic rings. The van der Waals surface area contributed by atoms with Crippen molar-refractivity contribution >= 4 is 15.9 Å². The van der Waals surface area contributed by atoms with Crippen molar-refractivity contribution in [2.45, 2.75) is 12.5 Å². The lowest BCUT2D eigenvalue weighted by Gasteiger charge is -2.14. The summed E-state index contributed by atoms with van der Waals surface area (Å²) in [6.07, 6.45) is 2.56. The van der Waals surface area contributed by atoms with Crippen LogP contribution >= 0.6 is 15.9 Å². The van der Waals surface area contributed by atoms with Crippen LogP contribution in [0.25, 0.3) is 0 Å². The summed E-state index contributed by atoms with van der Waals surface area (Å²) >= 11 is 3.38. The Hall–Kier alpha value is -0.800. The summed E-state index contributed by atoms with van der Waals surface area (Å²) in [7, 11) is 1.64. The highest BCUT2D eigenvalue weighted by Crippen LogP contribution is 2.28. The van der Waals surface area contributed by atoms with Gasteiger partial charge in [0, 0.05) is 16.1 Å². The van der Waals surface area contributed by atoms with Gasteiger partial charge in [-0.05, 0) is 18.6 Å². The molecule has 0 saturated carbocycles. The van der Waals surface area contributed by atoms with Crippen LogP contribution in [0.2, 0.25) is 0 Å². The van der Waals surface area contributed by atoms with Crippen molar-refractivity contribution in [3.8, 4) is 5.75 Å². The predicted octanol–water partition coefficient (Wildman–Crippen LogP) is 3.03. The van der Waals surface area contributed by atoms with Crippen LogP contribution in [0, 0.1) is 0 Å². The van der Waals surface area contributed by atoms with Gasteiger partial charge < -0.3 is 10.5 Å². The topological polar surface area (TPSA) is 35.2 Å². The third-order valence-corrected chi connectivity index (χ3v) is 2.51. The molecule has 0 spiro atoms. The van der Waals surface area contributed by atoms with E-state index in [4.69, 9.17) is 10.5 Å². The summed E-state index contributed by atoms with van der Waals surface area (Å²) in [5, 5.41) is 0. The molecule has 1 aromatic carbocycles. The van der Waals surface area contributed by atoms with Gasteiger partial charge in [0.2, 0.25) is 0 Å². The molecule has 0 radical (unpaired) electrons. The van der Waals surface area contributed by atoms with Gasteiger partial charge in [-0.2, -0.15) is 0 Å². The van der Waals surface area contributed by atoms with E-state index in [2.05, 4.69) is 22.5 Å². The Labute approximate surface area is 92.9 Å². The highest BCUT2D eigenvalue weighted by Gasteiger charge is 2.10. The predicted molar refractivity (Wildman–Crippen MR) is 62.4 cm³/mol. The first-order valence-electron chi connectivity index (χ1n) is 4.39. The minimum absolute atomic E-state index is 0.0458. The maximum atomic E-state index is 5.97. The standard InChI is InChI=1S/C11H14BrNO/c1-3-4-10(13)9-6-5-8(12)7-11(9)14-2/h3,5-7,10H,1,4,13H2,2H3. The maximum Gasteiger partial charge on any atom is 0.124 e. The van der Waals surface area contributed by atoms with Crippen LogP contribution in [0.3, 0.4) is 0 Å². The largest absolute Gasteiger partial charge is 0.496 e. The molecule has 0 saturated heterocycles. The molecule has 0 aliphatic carbocycles. The molecule has 14 heavy (non-hydrogen) atoms. The van der Waals surface area contributed by atoms with E-state index < -0.39 is 0 Å². The lowest BCUT2D eigenvalue weighted by molar-refractivity contribution is 0.405. The number of ether oxygens (including phenoxy) is 1. The second-order valence-corrected chi connectivity index (χ2v) is 3.93. The van der Waals surface area contributed by atoms with Gasteiger partial charge in [0.1, 0.15) is 5.75 Å². The zero-order chi connectivity index (χ0) is 10.6. The zero-order valence-corrected chi connectivity index (χ0v) is 9.75. The van der Waals surface area contributed by atoms with Gasteiger partial charge in [0.15, 0.2) is 0 Å². The van der Waals surface area contributed by atoms with Crippen molar-refractivity contribution in [2.75, 3.05) is 7.11 Å². The van der Waals surface area contributed by atoms with Gasteiger partial charge in [0.05, 0.1) is 7.11 Å². The minimum Gasteiger partial charge on any atom is -0.496 e. The fourth-order valence-electron chi connectivity index (χ4n) is 1.30. The molecule has 0 aliphatic rings. The normalized spacial score (nSPS) is 12.2. The van der Waals surface area contributed by atoms with E-state index in [0.29, 0.717) is 0 Å². The Bertz CT molecular complexity index is 325. The van der Waals surface area contributed by atoms with Crippen LogP contribution < -0.4 is 10.5 Å². The smallest absolute Gasteiger partial charge is 0.124 e. The molecule has 0 fully saturated rings. The van der Waals surface area contributed by atoms with E-state index in [1.54, 1.807) is 7.11 Å². The average Bonchev–Trinajstić information content (AvgIpc) is 2.17. The molecule has 0 bridgehead atoms. The van der Waals surface area contributed by atoms with Gasteiger partial charge in [-0.3, -0.25) is 0 Å². The molecular formula is C11H14BrNO. The van der Waals surface area contributed by atoms with E-state index >= 15 is 0 Å². The lowest BCUT2D eigenvalue weighted by atomic mass is 10.0. The van der Waals surface area contributed by atoms with Gasteiger partial charge in [-0.15, -0.1) is 6.58 Å². The van der Waals surface area contributed by atoms with E-state index in [9.17, 15) is 0 Å². The highest BCUT2D eigenvalue weighted by atomic mass is 79.9. The summed E-state index contributed by atoms with van der Waals surface area (Å²) in [5.41, 5.74) is 6.98. The molecule has 0 amide bonds. The number of hydrogen-bond acceptors (Lipinski definition) is 2. The Morgan fingerprint density at radius 3 is 2.93 bits per heavy atom. The summed E-state index contributed by atoms with van der Waals surface area (Å²) in [5.74, 6) is 0.814. The first kappa shape index (κ1) is 11.3. The van der Waals surface area contributed by atoms with Crippen molar-refractivity contribution < 1.29 is 4.74 Å². The quantitative estimate of drug-likeness (QED) is 0.840. The van der Waals surface area contributed by atoms with E-state index in [1.165, 1.54) is 0 Å². The SMILES string of the molecule is C=CCC(N)c1ccc(Br)cc1OC. The van der Waals surface area contributed by atoms with Gasteiger partial charge >= 0.3 is 0 Å². The Morgan fingerprint density at radius 2 is 2.36 bits per heavy atom. The summed E-state index contributed by atoms with van der Waals surface area (Å²) < 4.78 is 6.24. The second-order valence-electron chi connectivity index (χ2n) is 3.02. The number of nitrogens with two attached hydrogens (primary N) is 1. The van der Waals surface area contributed by atoms with E-state index in [-0.39, 0.29) is 6.04 Å². The Kier molecular flexibility index (Phi) is 4.17. The molecule has 0 heterocycles. The Balaban J connectivity index is 3.00. The highest BCUT2D eigenvalue weighted by molar-refractivity contribution is 9.10. The van der Waals surface area contributed by atoms with E-state index in [1.807, 2.05) is 24.3 Å². The average molecular weight is 256 g/mol. The van der Waals surface area contributed by atoms with Crippen molar-refractivity contribution in [1.29, 1.82) is 0 Å². The molecular weight excluding hydrogens is 242 g/mol. The third kappa shape index (κ3) is 2.59. The Morgan fingerprint density at radius 1 is 1.64 bits per heavy atom. The van der Waals surface area contributed by atoms with Crippen LogP contribution in [0.1, 0.15) is 18.0 Å². The first-order valence-corrected chi connectivity index (χ1v) is 5.18. The third-order valence-electron chi connectivity index (χ3n) is 2.02. The van der Waals surface area contributed by atoms with Crippen LogP contribution in [0.15, 0.2) is 35.3 Å². The number of rotatable bonds is 4. The molecule has 1 unspecified atom stereocenters. The van der Waals surface area contributed by atoms with Crippen LogP contribution in [-0.4, -0.2) is 7.11 Å². The fourth-order valence-corrected chi connectivity index (χ4v) is 1.64. The molecule has 0 aromatic heterocycles. The molecule has 2 N–H and O–H groups in total. The minimum atomic E-state index is -0.0458. The maximum absolute atomic E-state index is 5.97. The number of hydrogen-bond donors (Lipinski definition) is 1. The molecule has 0 aliphatic heterocycles. The first-order chi connectivity index (χ1) is 6.69. The molecule has 1 atom stereocenters. The molecule has 3 heteroatoms. The number of methoxy groups -OCH3 is 1. The molecule has 76 valence electrons. The van der Waals surface area contributed by atoms with Crippen molar-refractivity contribution in [3.05, 3.63) is 40.9 Å². The van der Waals surface area contributed by atoms with Crippen molar-refractivity contribution in [1.82, 2.24) is 0 Å². The number of benzene rings is 1. The zero-order valence-electron chi connectivity index (χ0n) is 8.16. The lowest BCUT2D eigenvalue weighted by Crippen LogP contribution is -2.10. The van der Waals surface area contributed by atoms with E-state index in [0.717, 1.165) is 22.2 Å². The van der Waals surface area contributed by atoms with Gasteiger partial charge in [0.25, 0.3) is 0 Å². The van der Waals surface area contributed by atoms with Crippen molar-refractivity contribution in [3.63, 3.8) is 0 Å². The molecule has 1 rings (SSSR count). The van der Waals surface area contributed by atoms with Crippen LogP contribution in [-0.2, 0) is 0 Å². The van der Waals surface area contributed by atoms with Crippen LogP contribution in [0.4, 0.5) is 0 Å².